The van der Waals surface area contributed by atoms with Crippen LogP contribution in [0.4, 0.5) is 5.69 Å². The van der Waals surface area contributed by atoms with Gasteiger partial charge < -0.3 is 5.32 Å². The van der Waals surface area contributed by atoms with Gasteiger partial charge in [0.05, 0.1) is 16.4 Å². The summed E-state index contributed by atoms with van der Waals surface area (Å²) < 4.78 is 2.91. The van der Waals surface area contributed by atoms with Crippen LogP contribution in [0.5, 0.6) is 0 Å². The predicted molar refractivity (Wildman–Crippen MR) is 79.2 cm³/mol. The minimum Gasteiger partial charge on any atom is -0.380 e. The molecule has 18 heavy (non-hydrogen) atoms. The molecule has 1 aromatic carbocycles. The van der Waals surface area contributed by atoms with E-state index in [1.807, 2.05) is 36.9 Å². The molecule has 0 unspecified atom stereocenters. The molecule has 0 aliphatic heterocycles. The van der Waals surface area contributed by atoms with Gasteiger partial charge in [-0.15, -0.1) is 0 Å². The van der Waals surface area contributed by atoms with Gasteiger partial charge in [-0.1, -0.05) is 27.5 Å². The van der Waals surface area contributed by atoms with Crippen LogP contribution in [0, 0.1) is 13.8 Å². The molecule has 0 fully saturated rings. The summed E-state index contributed by atoms with van der Waals surface area (Å²) >= 11 is 9.58. The summed E-state index contributed by atoms with van der Waals surface area (Å²) in [5.74, 6) is 0. The van der Waals surface area contributed by atoms with E-state index < -0.39 is 0 Å². The number of nitrogens with one attached hydrogen (secondary N) is 1. The number of hydrogen-bond donors (Lipinski definition) is 1. The molecule has 1 N–H and O–H groups in total. The van der Waals surface area contributed by atoms with E-state index in [4.69, 9.17) is 11.6 Å². The smallest absolute Gasteiger partial charge is 0.0646 e. The zero-order chi connectivity index (χ0) is 13.3. The highest BCUT2D eigenvalue weighted by atomic mass is 79.9. The van der Waals surface area contributed by atoms with E-state index in [1.54, 1.807) is 0 Å². The fraction of sp³-hybridized carbons (Fsp3) is 0.308. The molecular formula is C13H15BrClN3. The van der Waals surface area contributed by atoms with Crippen LogP contribution in [0.15, 0.2) is 22.7 Å². The number of aryl methyl sites for hydroxylation is 2. The summed E-state index contributed by atoms with van der Waals surface area (Å²) in [5, 5.41) is 8.47. The number of anilines is 1. The maximum atomic E-state index is 6.14. The molecule has 5 heteroatoms. The molecule has 1 heterocycles. The molecule has 2 rings (SSSR count). The Labute approximate surface area is 120 Å². The van der Waals surface area contributed by atoms with E-state index in [2.05, 4.69) is 33.3 Å². The molecule has 3 nitrogen and oxygen atoms in total. The zero-order valence-electron chi connectivity index (χ0n) is 10.6. The Bertz CT molecular complexity index is 578. The first-order chi connectivity index (χ1) is 8.49. The molecule has 2 aromatic rings. The summed E-state index contributed by atoms with van der Waals surface area (Å²) in [6, 6.07) is 5.77. The zero-order valence-corrected chi connectivity index (χ0v) is 12.9. The van der Waals surface area contributed by atoms with Gasteiger partial charge in [0.15, 0.2) is 0 Å². The van der Waals surface area contributed by atoms with E-state index in [9.17, 15) is 0 Å². The Balaban J connectivity index is 2.19. The second-order valence-electron chi connectivity index (χ2n) is 4.25. The van der Waals surface area contributed by atoms with Crippen molar-refractivity contribution in [2.75, 3.05) is 5.32 Å². The van der Waals surface area contributed by atoms with Crippen molar-refractivity contribution in [1.82, 2.24) is 9.78 Å². The average molecular weight is 329 g/mol. The minimum atomic E-state index is 0.720. The lowest BCUT2D eigenvalue weighted by Crippen LogP contribution is -2.02. The Hall–Kier alpha value is -1.000. The molecule has 1 aromatic heterocycles. The number of nitrogens with zero attached hydrogens (tertiary/aromatic N) is 2. The van der Waals surface area contributed by atoms with E-state index in [0.29, 0.717) is 0 Å². The molecular weight excluding hydrogens is 314 g/mol. The number of aromatic nitrogens is 2. The molecule has 0 bridgehead atoms. The quantitative estimate of drug-likeness (QED) is 0.920. The van der Waals surface area contributed by atoms with Gasteiger partial charge in [0, 0.05) is 29.3 Å². The molecule has 96 valence electrons. The Morgan fingerprint density at radius 1 is 1.39 bits per heavy atom. The standard InChI is InChI=1S/C13H15BrClN3/c1-8-11(9(2)18(3)17-8)7-16-13-6-10(14)4-5-12(13)15/h4-6,16H,7H2,1-3H3. The highest BCUT2D eigenvalue weighted by Gasteiger charge is 2.09. The lowest BCUT2D eigenvalue weighted by atomic mass is 10.2. The second kappa shape index (κ2) is 5.33. The van der Waals surface area contributed by atoms with Crippen molar-refractivity contribution in [3.05, 3.63) is 44.6 Å². The molecule has 0 radical (unpaired) electrons. The molecule has 0 saturated carbocycles. The fourth-order valence-corrected chi connectivity index (χ4v) is 2.44. The number of rotatable bonds is 3. The second-order valence-corrected chi connectivity index (χ2v) is 5.57. The van der Waals surface area contributed by atoms with Crippen molar-refractivity contribution >= 4 is 33.2 Å². The molecule has 0 amide bonds. The molecule has 0 spiro atoms. The highest BCUT2D eigenvalue weighted by Crippen LogP contribution is 2.26. The third kappa shape index (κ3) is 2.70. The van der Waals surface area contributed by atoms with Gasteiger partial charge >= 0.3 is 0 Å². The van der Waals surface area contributed by atoms with E-state index in [-0.39, 0.29) is 0 Å². The summed E-state index contributed by atoms with van der Waals surface area (Å²) in [4.78, 5) is 0. The third-order valence-corrected chi connectivity index (χ3v) is 3.87. The van der Waals surface area contributed by atoms with E-state index >= 15 is 0 Å². The molecule has 0 aliphatic rings. The van der Waals surface area contributed by atoms with Crippen LogP contribution in [-0.4, -0.2) is 9.78 Å². The number of halogens is 2. The van der Waals surface area contributed by atoms with Crippen molar-refractivity contribution < 1.29 is 0 Å². The summed E-state index contributed by atoms with van der Waals surface area (Å²) in [5.41, 5.74) is 4.36. The van der Waals surface area contributed by atoms with E-state index in [1.165, 1.54) is 11.3 Å². The maximum Gasteiger partial charge on any atom is 0.0646 e. The average Bonchev–Trinajstić information content (AvgIpc) is 2.55. The van der Waals surface area contributed by atoms with Crippen LogP contribution >= 0.6 is 27.5 Å². The van der Waals surface area contributed by atoms with Crippen LogP contribution in [0.2, 0.25) is 5.02 Å². The van der Waals surface area contributed by atoms with Gasteiger partial charge in [0.2, 0.25) is 0 Å². The first-order valence-electron chi connectivity index (χ1n) is 5.67. The van der Waals surface area contributed by atoms with Crippen LogP contribution < -0.4 is 5.32 Å². The largest absolute Gasteiger partial charge is 0.380 e. The monoisotopic (exact) mass is 327 g/mol. The Morgan fingerprint density at radius 3 is 2.72 bits per heavy atom. The SMILES string of the molecule is Cc1nn(C)c(C)c1CNc1cc(Br)ccc1Cl. The molecule has 0 aliphatic carbocycles. The maximum absolute atomic E-state index is 6.14. The topological polar surface area (TPSA) is 29.9 Å². The van der Waals surface area contributed by atoms with Gasteiger partial charge in [0.25, 0.3) is 0 Å². The van der Waals surface area contributed by atoms with Gasteiger partial charge in [-0.3, -0.25) is 4.68 Å². The number of benzene rings is 1. The van der Waals surface area contributed by atoms with Crippen molar-refractivity contribution in [3.8, 4) is 0 Å². The summed E-state index contributed by atoms with van der Waals surface area (Å²) in [7, 11) is 1.96. The van der Waals surface area contributed by atoms with Crippen molar-refractivity contribution in [3.63, 3.8) is 0 Å². The van der Waals surface area contributed by atoms with Gasteiger partial charge in [-0.25, -0.2) is 0 Å². The minimum absolute atomic E-state index is 0.720. The third-order valence-electron chi connectivity index (χ3n) is 3.04. The molecule has 0 atom stereocenters. The lowest BCUT2D eigenvalue weighted by molar-refractivity contribution is 0.730. The first-order valence-corrected chi connectivity index (χ1v) is 6.84. The van der Waals surface area contributed by atoms with Crippen LogP contribution in [0.3, 0.4) is 0 Å². The van der Waals surface area contributed by atoms with Crippen molar-refractivity contribution in [1.29, 1.82) is 0 Å². The Morgan fingerprint density at radius 2 is 2.11 bits per heavy atom. The van der Waals surface area contributed by atoms with Gasteiger partial charge in [-0.05, 0) is 32.0 Å². The predicted octanol–water partition coefficient (Wildman–Crippen LogP) is 4.06. The van der Waals surface area contributed by atoms with Gasteiger partial charge in [-0.2, -0.15) is 5.10 Å². The van der Waals surface area contributed by atoms with Crippen LogP contribution in [-0.2, 0) is 13.6 Å². The Kier molecular flexibility index (Phi) is 3.97. The lowest BCUT2D eigenvalue weighted by Gasteiger charge is -2.09. The van der Waals surface area contributed by atoms with E-state index in [0.717, 1.165) is 27.4 Å². The van der Waals surface area contributed by atoms with Crippen molar-refractivity contribution in [2.24, 2.45) is 7.05 Å². The highest BCUT2D eigenvalue weighted by molar-refractivity contribution is 9.10. The normalized spacial score (nSPS) is 10.7. The fourth-order valence-electron chi connectivity index (χ4n) is 1.89. The summed E-state index contributed by atoms with van der Waals surface area (Å²) in [6.45, 7) is 4.81. The molecule has 0 saturated heterocycles. The van der Waals surface area contributed by atoms with Crippen molar-refractivity contribution in [2.45, 2.75) is 20.4 Å². The van der Waals surface area contributed by atoms with Crippen LogP contribution in [0.1, 0.15) is 17.0 Å². The van der Waals surface area contributed by atoms with Gasteiger partial charge in [0.1, 0.15) is 0 Å². The van der Waals surface area contributed by atoms with Crippen LogP contribution in [0.25, 0.3) is 0 Å². The number of hydrogen-bond acceptors (Lipinski definition) is 2. The first kappa shape index (κ1) is 13.4. The summed E-state index contributed by atoms with van der Waals surface area (Å²) in [6.07, 6.45) is 0.